The van der Waals surface area contributed by atoms with Gasteiger partial charge in [-0.15, -0.1) is 0 Å². The molecule has 0 bridgehead atoms. The lowest BCUT2D eigenvalue weighted by Gasteiger charge is -2.25. The van der Waals surface area contributed by atoms with E-state index in [0.29, 0.717) is 17.8 Å². The van der Waals surface area contributed by atoms with Crippen molar-refractivity contribution < 1.29 is 9.59 Å². The van der Waals surface area contributed by atoms with Gasteiger partial charge in [-0.3, -0.25) is 14.5 Å². The van der Waals surface area contributed by atoms with Crippen LogP contribution in [0.1, 0.15) is 22.3 Å². The van der Waals surface area contributed by atoms with Crippen molar-refractivity contribution in [1.82, 2.24) is 9.88 Å². The van der Waals surface area contributed by atoms with Gasteiger partial charge in [-0.1, -0.05) is 24.3 Å². The highest BCUT2D eigenvalue weighted by atomic mass is 16.2. The van der Waals surface area contributed by atoms with Crippen molar-refractivity contribution in [2.45, 2.75) is 6.42 Å². The van der Waals surface area contributed by atoms with Crippen molar-refractivity contribution in [3.8, 4) is 0 Å². The van der Waals surface area contributed by atoms with Crippen LogP contribution in [-0.4, -0.2) is 41.3 Å². The van der Waals surface area contributed by atoms with Crippen LogP contribution in [0.5, 0.6) is 0 Å². The Morgan fingerprint density at radius 2 is 1.89 bits per heavy atom. The summed E-state index contributed by atoms with van der Waals surface area (Å²) in [7, 11) is 0. The van der Waals surface area contributed by atoms with Gasteiger partial charge in [-0.2, -0.15) is 0 Å². The van der Waals surface area contributed by atoms with Gasteiger partial charge in [-0.25, -0.2) is 0 Å². The maximum absolute atomic E-state index is 12.3. The highest BCUT2D eigenvalue weighted by Gasteiger charge is 2.17. The third-order valence-corrected chi connectivity index (χ3v) is 5.05. The fourth-order valence-corrected chi connectivity index (χ4v) is 3.56. The number of anilines is 1. The largest absolute Gasteiger partial charge is 0.366 e. The molecule has 0 saturated heterocycles. The number of nitrogens with one attached hydrogen (secondary N) is 2. The Balaban J connectivity index is 1.35. The number of hydrogen-bond acceptors (Lipinski definition) is 3. The summed E-state index contributed by atoms with van der Waals surface area (Å²) in [6, 6.07) is 14.9. The topological polar surface area (TPSA) is 91.2 Å². The van der Waals surface area contributed by atoms with Crippen LogP contribution in [0.2, 0.25) is 0 Å². The zero-order valence-electron chi connectivity index (χ0n) is 15.4. The van der Waals surface area contributed by atoms with Gasteiger partial charge in [0.25, 0.3) is 0 Å². The number of fused-ring (bicyclic) bond motifs is 1. The monoisotopic (exact) mass is 374 g/mol. The number of amides is 2. The molecule has 6 heteroatoms. The van der Waals surface area contributed by atoms with Crippen LogP contribution >= 0.6 is 0 Å². The van der Waals surface area contributed by atoms with Crippen LogP contribution in [-0.2, 0) is 4.79 Å². The van der Waals surface area contributed by atoms with Crippen molar-refractivity contribution in [2.24, 2.45) is 5.73 Å². The lowest BCUT2D eigenvalue weighted by Crippen LogP contribution is -2.36. The Hall–Kier alpha value is -3.38. The average molecular weight is 374 g/mol. The van der Waals surface area contributed by atoms with Gasteiger partial charge in [0.2, 0.25) is 11.8 Å². The van der Waals surface area contributed by atoms with Crippen LogP contribution in [0.3, 0.4) is 0 Å². The van der Waals surface area contributed by atoms with E-state index in [2.05, 4.69) is 45.7 Å². The van der Waals surface area contributed by atoms with Crippen LogP contribution in [0.25, 0.3) is 16.5 Å². The quantitative estimate of drug-likeness (QED) is 0.641. The van der Waals surface area contributed by atoms with Crippen molar-refractivity contribution in [1.29, 1.82) is 0 Å². The molecule has 142 valence electrons. The molecule has 2 amide bonds. The first-order chi connectivity index (χ1) is 13.6. The minimum Gasteiger partial charge on any atom is -0.366 e. The zero-order valence-corrected chi connectivity index (χ0v) is 15.4. The van der Waals surface area contributed by atoms with Gasteiger partial charge < -0.3 is 16.0 Å². The number of benzene rings is 2. The Bertz CT molecular complexity index is 1050. The Labute approximate surface area is 163 Å². The second-order valence-electron chi connectivity index (χ2n) is 6.95. The molecular formula is C22H22N4O2. The first-order valence-electron chi connectivity index (χ1n) is 9.28. The molecule has 0 unspecified atom stereocenters. The van der Waals surface area contributed by atoms with E-state index < -0.39 is 5.91 Å². The number of hydrogen-bond donors (Lipinski definition) is 3. The molecule has 2 aromatic carbocycles. The number of aromatic nitrogens is 1. The first kappa shape index (κ1) is 18.0. The van der Waals surface area contributed by atoms with Gasteiger partial charge in [0.15, 0.2) is 0 Å². The molecule has 28 heavy (non-hydrogen) atoms. The van der Waals surface area contributed by atoms with Gasteiger partial charge in [0.05, 0.1) is 6.54 Å². The van der Waals surface area contributed by atoms with Crippen LogP contribution in [0.4, 0.5) is 5.69 Å². The number of nitrogens with two attached hydrogens (primary N) is 1. The second kappa shape index (κ2) is 7.70. The van der Waals surface area contributed by atoms with Gasteiger partial charge in [-0.05, 0) is 42.3 Å². The molecule has 0 radical (unpaired) electrons. The van der Waals surface area contributed by atoms with E-state index >= 15 is 0 Å². The molecule has 0 aliphatic carbocycles. The van der Waals surface area contributed by atoms with Crippen molar-refractivity contribution >= 4 is 34.0 Å². The number of rotatable bonds is 5. The molecule has 6 nitrogen and oxygen atoms in total. The minimum absolute atomic E-state index is 0.0734. The summed E-state index contributed by atoms with van der Waals surface area (Å²) >= 11 is 0. The van der Waals surface area contributed by atoms with Crippen LogP contribution < -0.4 is 11.1 Å². The molecule has 4 rings (SSSR count). The number of carbonyl (C=O) groups excluding carboxylic acids is 2. The molecule has 2 heterocycles. The standard InChI is InChI=1S/C22H22N4O2/c23-22(28)16-5-7-17(8-6-16)25-21(27)14-26-11-9-15(10-12-26)19-13-24-20-4-2-1-3-18(19)20/h1-9,13,24H,10-12,14H2,(H2,23,28)(H,25,27). The Morgan fingerprint density at radius 3 is 2.61 bits per heavy atom. The molecule has 0 atom stereocenters. The van der Waals surface area contributed by atoms with Crippen LogP contribution in [0, 0.1) is 0 Å². The third-order valence-electron chi connectivity index (χ3n) is 5.05. The molecule has 0 saturated carbocycles. The summed E-state index contributed by atoms with van der Waals surface area (Å²) in [6.07, 6.45) is 5.17. The number of para-hydroxylation sites is 1. The number of H-pyrrole nitrogens is 1. The summed E-state index contributed by atoms with van der Waals surface area (Å²) in [6.45, 7) is 1.90. The molecule has 4 N–H and O–H groups in total. The number of carbonyl (C=O) groups is 2. The van der Waals surface area contributed by atoms with E-state index in [-0.39, 0.29) is 5.91 Å². The lowest BCUT2D eigenvalue weighted by atomic mass is 9.99. The SMILES string of the molecule is NC(=O)c1ccc(NC(=O)CN2CC=C(c3c[nH]c4ccccc34)CC2)cc1. The zero-order chi connectivity index (χ0) is 19.5. The maximum Gasteiger partial charge on any atom is 0.248 e. The molecule has 0 spiro atoms. The number of aromatic amines is 1. The summed E-state index contributed by atoms with van der Waals surface area (Å²) in [4.78, 5) is 28.9. The minimum atomic E-state index is -0.482. The predicted molar refractivity (Wildman–Crippen MR) is 111 cm³/mol. The molecule has 1 aromatic heterocycles. The van der Waals surface area contributed by atoms with E-state index in [0.717, 1.165) is 25.0 Å². The normalized spacial score (nSPS) is 14.6. The molecule has 0 fully saturated rings. The third kappa shape index (κ3) is 3.82. The highest BCUT2D eigenvalue weighted by molar-refractivity contribution is 5.95. The molecular weight excluding hydrogens is 352 g/mol. The predicted octanol–water partition coefficient (Wildman–Crippen LogP) is 2.99. The fourth-order valence-electron chi connectivity index (χ4n) is 3.56. The second-order valence-corrected chi connectivity index (χ2v) is 6.95. The molecule has 1 aliphatic heterocycles. The van der Waals surface area contributed by atoms with Crippen molar-refractivity contribution in [3.05, 3.63) is 71.9 Å². The van der Waals surface area contributed by atoms with Gasteiger partial charge in [0.1, 0.15) is 0 Å². The Kier molecular flexibility index (Phi) is 4.95. The van der Waals surface area contributed by atoms with E-state index in [1.807, 2.05) is 6.07 Å². The number of primary amides is 1. The van der Waals surface area contributed by atoms with Crippen LogP contribution in [0.15, 0.2) is 60.8 Å². The van der Waals surface area contributed by atoms with E-state index in [9.17, 15) is 9.59 Å². The van der Waals surface area contributed by atoms with Crippen molar-refractivity contribution in [2.75, 3.05) is 25.0 Å². The summed E-state index contributed by atoms with van der Waals surface area (Å²) < 4.78 is 0. The van der Waals surface area contributed by atoms with Crippen molar-refractivity contribution in [3.63, 3.8) is 0 Å². The fraction of sp³-hybridized carbons (Fsp3) is 0.182. The smallest absolute Gasteiger partial charge is 0.248 e. The number of nitrogens with zero attached hydrogens (tertiary/aromatic N) is 1. The lowest BCUT2D eigenvalue weighted by molar-refractivity contribution is -0.117. The van der Waals surface area contributed by atoms with E-state index in [1.165, 1.54) is 16.5 Å². The molecule has 3 aromatic rings. The summed E-state index contributed by atoms with van der Waals surface area (Å²) in [5.74, 6) is -0.556. The average Bonchev–Trinajstić information content (AvgIpc) is 3.13. The van der Waals surface area contributed by atoms with Gasteiger partial charge >= 0.3 is 0 Å². The first-order valence-corrected chi connectivity index (χ1v) is 9.28. The maximum atomic E-state index is 12.3. The summed E-state index contributed by atoms with van der Waals surface area (Å²) in [5, 5.41) is 4.10. The van der Waals surface area contributed by atoms with E-state index in [4.69, 9.17) is 5.73 Å². The molecule has 1 aliphatic rings. The summed E-state index contributed by atoms with van der Waals surface area (Å²) in [5.41, 5.74) is 10.0. The van der Waals surface area contributed by atoms with E-state index in [1.54, 1.807) is 24.3 Å². The highest BCUT2D eigenvalue weighted by Crippen LogP contribution is 2.29. The van der Waals surface area contributed by atoms with Gasteiger partial charge in [0, 0.05) is 47.0 Å². The Morgan fingerprint density at radius 1 is 1.11 bits per heavy atom.